The number of nitrogens with one attached hydrogen (secondary N) is 1. The number of carbonyl (C=O) groups is 3. The number of amides is 2. The number of carboxylic acids is 1. The Hall–Kier alpha value is -1.79. The van der Waals surface area contributed by atoms with Gasteiger partial charge in [-0.3, -0.25) is 9.59 Å². The lowest BCUT2D eigenvalue weighted by molar-refractivity contribution is -0.148. The number of esters is 1. The van der Waals surface area contributed by atoms with Crippen LogP contribution in [0.4, 0.5) is 4.79 Å². The molecule has 0 spiro atoms. The smallest absolute Gasteiger partial charge is 0.325 e. The molecule has 2 N–H and O–H groups in total. The first-order chi connectivity index (χ1) is 9.85. The van der Waals surface area contributed by atoms with Gasteiger partial charge >= 0.3 is 18.0 Å². The van der Waals surface area contributed by atoms with Crippen LogP contribution in [0.5, 0.6) is 0 Å². The summed E-state index contributed by atoms with van der Waals surface area (Å²) in [6, 6.07) is -0.832. The highest BCUT2D eigenvalue weighted by Crippen LogP contribution is 2.38. The van der Waals surface area contributed by atoms with Crippen LogP contribution in [-0.4, -0.2) is 54.2 Å². The maximum atomic E-state index is 12.3. The van der Waals surface area contributed by atoms with Gasteiger partial charge in [0, 0.05) is 12.6 Å². The molecule has 2 unspecified atom stereocenters. The van der Waals surface area contributed by atoms with Crippen LogP contribution in [0.2, 0.25) is 0 Å². The Morgan fingerprint density at radius 2 is 2.10 bits per heavy atom. The number of carboxylic acid groups (broad SMARTS) is 1. The predicted octanol–water partition coefficient (Wildman–Crippen LogP) is 1.22. The van der Waals surface area contributed by atoms with Crippen molar-refractivity contribution < 1.29 is 24.2 Å². The number of aliphatic carboxylic acids is 1. The minimum Gasteiger partial charge on any atom is -0.481 e. The number of ether oxygens (including phenoxy) is 1. The van der Waals surface area contributed by atoms with Crippen molar-refractivity contribution in [3.8, 4) is 0 Å². The van der Waals surface area contributed by atoms with Gasteiger partial charge in [0.1, 0.15) is 6.54 Å². The van der Waals surface area contributed by atoms with Gasteiger partial charge in [-0.15, -0.1) is 0 Å². The van der Waals surface area contributed by atoms with E-state index in [0.29, 0.717) is 25.8 Å². The van der Waals surface area contributed by atoms with Gasteiger partial charge in [0.05, 0.1) is 12.5 Å². The molecule has 1 fully saturated rings. The summed E-state index contributed by atoms with van der Waals surface area (Å²) >= 11 is 0. The molecule has 0 aromatic rings. The van der Waals surface area contributed by atoms with E-state index in [1.807, 2.05) is 6.92 Å². The summed E-state index contributed by atoms with van der Waals surface area (Å²) in [7, 11) is 1.27. The van der Waals surface area contributed by atoms with Crippen molar-refractivity contribution in [3.05, 3.63) is 0 Å². The van der Waals surface area contributed by atoms with Crippen LogP contribution in [0.1, 0.15) is 39.5 Å². The van der Waals surface area contributed by atoms with E-state index in [-0.39, 0.29) is 6.54 Å². The van der Waals surface area contributed by atoms with E-state index in [2.05, 4.69) is 10.1 Å². The SMILES string of the molecule is CCCN(CC(=O)OC)C(=O)NC1CCCC1(C)C(=O)O. The third kappa shape index (κ3) is 4.09. The average molecular weight is 300 g/mol. The third-order valence-electron chi connectivity index (χ3n) is 4.07. The van der Waals surface area contributed by atoms with Gasteiger partial charge < -0.3 is 20.1 Å². The van der Waals surface area contributed by atoms with Crippen molar-refractivity contribution in [2.45, 2.75) is 45.6 Å². The molecule has 7 heteroatoms. The molecule has 0 saturated heterocycles. The molecule has 1 rings (SSSR count). The molecule has 21 heavy (non-hydrogen) atoms. The molecule has 0 bridgehead atoms. The highest BCUT2D eigenvalue weighted by Gasteiger charge is 2.46. The molecule has 2 atom stereocenters. The Labute approximate surface area is 124 Å². The molecule has 0 radical (unpaired) electrons. The summed E-state index contributed by atoms with van der Waals surface area (Å²) in [4.78, 5) is 36.4. The minimum atomic E-state index is -0.946. The van der Waals surface area contributed by atoms with Gasteiger partial charge in [0.2, 0.25) is 0 Å². The van der Waals surface area contributed by atoms with Gasteiger partial charge in [-0.2, -0.15) is 0 Å². The quantitative estimate of drug-likeness (QED) is 0.719. The molecule has 0 aliphatic heterocycles. The van der Waals surface area contributed by atoms with Crippen LogP contribution >= 0.6 is 0 Å². The standard InChI is InChI=1S/C14H24N2O5/c1-4-8-16(9-11(17)21-3)13(20)15-10-6-5-7-14(10,2)12(18)19/h10H,4-9H2,1-3H3,(H,15,20)(H,18,19). The summed E-state index contributed by atoms with van der Waals surface area (Å²) in [5.74, 6) is -1.40. The Morgan fingerprint density at radius 1 is 1.43 bits per heavy atom. The minimum absolute atomic E-state index is 0.132. The van der Waals surface area contributed by atoms with Crippen molar-refractivity contribution >= 4 is 18.0 Å². The fourth-order valence-electron chi connectivity index (χ4n) is 2.64. The number of methoxy groups -OCH3 is 1. The molecule has 1 aliphatic carbocycles. The molecule has 0 aromatic heterocycles. The van der Waals surface area contributed by atoms with Crippen LogP contribution < -0.4 is 5.32 Å². The zero-order valence-electron chi connectivity index (χ0n) is 12.8. The molecule has 7 nitrogen and oxygen atoms in total. The number of urea groups is 1. The molecule has 0 aromatic carbocycles. The number of hydrogen-bond donors (Lipinski definition) is 2. The summed E-state index contributed by atoms with van der Waals surface area (Å²) in [6.07, 6.45) is 2.63. The second kappa shape index (κ2) is 7.28. The van der Waals surface area contributed by atoms with Gasteiger partial charge in [0.25, 0.3) is 0 Å². The Bertz CT molecular complexity index is 412. The first kappa shape index (κ1) is 17.3. The van der Waals surface area contributed by atoms with Gasteiger partial charge in [-0.05, 0) is 26.2 Å². The van der Waals surface area contributed by atoms with Gasteiger partial charge in [-0.1, -0.05) is 13.3 Å². The molecule has 1 saturated carbocycles. The average Bonchev–Trinajstić information content (AvgIpc) is 2.80. The number of hydrogen-bond acceptors (Lipinski definition) is 4. The van der Waals surface area contributed by atoms with Gasteiger partial charge in [-0.25, -0.2) is 4.79 Å². The molecular weight excluding hydrogens is 276 g/mol. The summed E-state index contributed by atoms with van der Waals surface area (Å²) in [5, 5.41) is 12.1. The van der Waals surface area contributed by atoms with Crippen LogP contribution in [0.25, 0.3) is 0 Å². The van der Waals surface area contributed by atoms with Crippen molar-refractivity contribution in [2.75, 3.05) is 20.2 Å². The zero-order valence-corrected chi connectivity index (χ0v) is 12.8. The zero-order chi connectivity index (χ0) is 16.0. The normalized spacial score (nSPS) is 24.4. The van der Waals surface area contributed by atoms with Crippen LogP contribution in [-0.2, 0) is 14.3 Å². The first-order valence-corrected chi connectivity index (χ1v) is 7.20. The van der Waals surface area contributed by atoms with E-state index in [1.165, 1.54) is 12.0 Å². The van der Waals surface area contributed by atoms with Crippen LogP contribution in [0.15, 0.2) is 0 Å². The predicted molar refractivity (Wildman–Crippen MR) is 75.8 cm³/mol. The molecule has 1 aliphatic rings. The molecule has 120 valence electrons. The lowest BCUT2D eigenvalue weighted by Gasteiger charge is -2.30. The van der Waals surface area contributed by atoms with Crippen molar-refractivity contribution in [3.63, 3.8) is 0 Å². The van der Waals surface area contributed by atoms with E-state index in [9.17, 15) is 19.5 Å². The number of rotatable bonds is 6. The Balaban J connectivity index is 2.72. The van der Waals surface area contributed by atoms with Crippen LogP contribution in [0, 0.1) is 5.41 Å². The van der Waals surface area contributed by atoms with Crippen molar-refractivity contribution in [2.24, 2.45) is 5.41 Å². The first-order valence-electron chi connectivity index (χ1n) is 7.20. The topological polar surface area (TPSA) is 95.9 Å². The van der Waals surface area contributed by atoms with E-state index in [0.717, 1.165) is 6.42 Å². The van der Waals surface area contributed by atoms with Crippen LogP contribution in [0.3, 0.4) is 0 Å². The van der Waals surface area contributed by atoms with Crippen molar-refractivity contribution in [1.82, 2.24) is 10.2 Å². The molecule has 2 amide bonds. The lowest BCUT2D eigenvalue weighted by Crippen LogP contribution is -2.52. The molecule has 0 heterocycles. The summed E-state index contributed by atoms with van der Waals surface area (Å²) in [5.41, 5.74) is -0.946. The van der Waals surface area contributed by atoms with E-state index in [1.54, 1.807) is 6.92 Å². The number of carbonyl (C=O) groups excluding carboxylic acids is 2. The fraction of sp³-hybridized carbons (Fsp3) is 0.786. The highest BCUT2D eigenvalue weighted by molar-refractivity contribution is 5.82. The summed E-state index contributed by atoms with van der Waals surface area (Å²) in [6.45, 7) is 3.83. The van der Waals surface area contributed by atoms with E-state index in [4.69, 9.17) is 0 Å². The fourth-order valence-corrected chi connectivity index (χ4v) is 2.64. The van der Waals surface area contributed by atoms with E-state index < -0.39 is 29.4 Å². The maximum absolute atomic E-state index is 12.3. The second-order valence-corrected chi connectivity index (χ2v) is 5.61. The van der Waals surface area contributed by atoms with Crippen molar-refractivity contribution in [1.29, 1.82) is 0 Å². The maximum Gasteiger partial charge on any atom is 0.325 e. The lowest BCUT2D eigenvalue weighted by atomic mass is 9.85. The molecular formula is C14H24N2O5. The summed E-state index contributed by atoms with van der Waals surface area (Å²) < 4.78 is 4.57. The second-order valence-electron chi connectivity index (χ2n) is 5.61. The third-order valence-corrected chi connectivity index (χ3v) is 4.07. The monoisotopic (exact) mass is 300 g/mol. The van der Waals surface area contributed by atoms with Gasteiger partial charge in [0.15, 0.2) is 0 Å². The Morgan fingerprint density at radius 3 is 2.62 bits per heavy atom. The highest BCUT2D eigenvalue weighted by atomic mass is 16.5. The largest absolute Gasteiger partial charge is 0.481 e. The van der Waals surface area contributed by atoms with E-state index >= 15 is 0 Å². The Kier molecular flexibility index (Phi) is 5.99. The number of nitrogens with zero attached hydrogens (tertiary/aromatic N) is 1.